The number of benzene rings is 1. The molecule has 2 saturated carbocycles. The Bertz CT molecular complexity index is 754. The minimum Gasteiger partial charge on any atom is -0.331 e. The van der Waals surface area contributed by atoms with Gasteiger partial charge in [-0.1, -0.05) is 0 Å². The molecule has 0 atom stereocenters. The molecular formula is C15H15N3S. The van der Waals surface area contributed by atoms with Gasteiger partial charge in [0.2, 0.25) is 0 Å². The van der Waals surface area contributed by atoms with Crippen LogP contribution in [0.3, 0.4) is 0 Å². The first-order valence-corrected chi connectivity index (χ1v) is 7.25. The van der Waals surface area contributed by atoms with E-state index >= 15 is 0 Å². The van der Waals surface area contributed by atoms with Gasteiger partial charge in [0, 0.05) is 6.54 Å². The van der Waals surface area contributed by atoms with Crippen LogP contribution in [0, 0.1) is 27.4 Å². The molecular weight excluding hydrogens is 254 g/mol. The molecule has 4 rings (SSSR count). The van der Waals surface area contributed by atoms with E-state index in [9.17, 15) is 0 Å². The van der Waals surface area contributed by atoms with Crippen molar-refractivity contribution < 1.29 is 0 Å². The predicted molar refractivity (Wildman–Crippen MR) is 76.2 cm³/mol. The fourth-order valence-corrected chi connectivity index (χ4v) is 3.52. The molecule has 1 N–H and O–H groups in total. The van der Waals surface area contributed by atoms with E-state index in [1.807, 2.05) is 18.2 Å². The van der Waals surface area contributed by atoms with E-state index in [0.29, 0.717) is 11.0 Å². The summed E-state index contributed by atoms with van der Waals surface area (Å²) in [7, 11) is 0. The van der Waals surface area contributed by atoms with Crippen LogP contribution in [0.2, 0.25) is 0 Å². The van der Waals surface area contributed by atoms with Gasteiger partial charge in [-0.2, -0.15) is 5.26 Å². The van der Waals surface area contributed by atoms with Crippen LogP contribution in [0.25, 0.3) is 11.0 Å². The molecule has 0 aliphatic heterocycles. The van der Waals surface area contributed by atoms with Crippen molar-refractivity contribution >= 4 is 23.3 Å². The van der Waals surface area contributed by atoms with Gasteiger partial charge in [-0.15, -0.1) is 0 Å². The number of aromatic nitrogens is 2. The lowest BCUT2D eigenvalue weighted by Gasteiger charge is -2.15. The molecule has 1 heterocycles. The average molecular weight is 269 g/mol. The highest BCUT2D eigenvalue weighted by Crippen LogP contribution is 2.62. The van der Waals surface area contributed by atoms with E-state index in [-0.39, 0.29) is 0 Å². The van der Waals surface area contributed by atoms with Crippen molar-refractivity contribution in [1.82, 2.24) is 9.55 Å². The number of nitrogens with one attached hydrogen (secondary N) is 1. The molecule has 2 fully saturated rings. The zero-order chi connectivity index (χ0) is 13.0. The normalized spacial score (nSPS) is 20.4. The molecule has 0 amide bonds. The van der Waals surface area contributed by atoms with Crippen molar-refractivity contribution in [3.8, 4) is 6.07 Å². The highest BCUT2D eigenvalue weighted by atomic mass is 32.1. The molecule has 96 valence electrons. The molecule has 0 radical (unpaired) electrons. The number of nitrogens with zero attached hydrogens (tertiary/aromatic N) is 2. The third-order valence-corrected chi connectivity index (χ3v) is 5.04. The molecule has 4 heteroatoms. The van der Waals surface area contributed by atoms with Crippen molar-refractivity contribution in [1.29, 1.82) is 5.26 Å². The molecule has 2 aromatic rings. The topological polar surface area (TPSA) is 44.5 Å². The zero-order valence-corrected chi connectivity index (χ0v) is 11.5. The van der Waals surface area contributed by atoms with Crippen LogP contribution >= 0.6 is 12.2 Å². The van der Waals surface area contributed by atoms with Gasteiger partial charge in [0.05, 0.1) is 22.7 Å². The SMILES string of the molecule is N#Cc1ccc2[nH]c(=S)n(CC3(C4CC4)CC3)c2c1. The molecule has 1 aromatic heterocycles. The maximum Gasteiger partial charge on any atom is 0.178 e. The van der Waals surface area contributed by atoms with Gasteiger partial charge in [-0.05, 0) is 67.4 Å². The van der Waals surface area contributed by atoms with Crippen LogP contribution in [0.4, 0.5) is 0 Å². The maximum atomic E-state index is 9.04. The van der Waals surface area contributed by atoms with Crippen LogP contribution in [0.5, 0.6) is 0 Å². The second kappa shape index (κ2) is 3.71. The van der Waals surface area contributed by atoms with Crippen molar-refractivity contribution in [3.05, 3.63) is 28.5 Å². The Morgan fingerprint density at radius 1 is 1.42 bits per heavy atom. The van der Waals surface area contributed by atoms with Crippen molar-refractivity contribution in [2.45, 2.75) is 32.2 Å². The molecule has 0 unspecified atom stereocenters. The van der Waals surface area contributed by atoms with E-state index in [1.54, 1.807) is 0 Å². The molecule has 3 nitrogen and oxygen atoms in total. The van der Waals surface area contributed by atoms with Crippen molar-refractivity contribution in [3.63, 3.8) is 0 Å². The standard InChI is InChI=1S/C15H15N3S/c16-8-10-1-4-12-13(7-10)18(14(19)17-12)9-15(5-6-15)11-2-3-11/h1,4,7,11H,2-3,5-6,9H2,(H,17,19). The molecule has 0 bridgehead atoms. The van der Waals surface area contributed by atoms with Gasteiger partial charge in [0.15, 0.2) is 4.77 Å². The summed E-state index contributed by atoms with van der Waals surface area (Å²) in [6.07, 6.45) is 5.45. The summed E-state index contributed by atoms with van der Waals surface area (Å²) in [4.78, 5) is 3.26. The number of hydrogen-bond donors (Lipinski definition) is 1. The Balaban J connectivity index is 1.82. The van der Waals surface area contributed by atoms with E-state index in [0.717, 1.165) is 28.3 Å². The third-order valence-electron chi connectivity index (χ3n) is 4.71. The van der Waals surface area contributed by atoms with Gasteiger partial charge < -0.3 is 9.55 Å². The van der Waals surface area contributed by atoms with Crippen LogP contribution in [0.15, 0.2) is 18.2 Å². The zero-order valence-electron chi connectivity index (χ0n) is 10.6. The summed E-state index contributed by atoms with van der Waals surface area (Å²) < 4.78 is 2.99. The summed E-state index contributed by atoms with van der Waals surface area (Å²) in [6, 6.07) is 7.95. The first kappa shape index (κ1) is 11.2. The van der Waals surface area contributed by atoms with Gasteiger partial charge >= 0.3 is 0 Å². The fourth-order valence-electron chi connectivity index (χ4n) is 3.25. The lowest BCUT2D eigenvalue weighted by Crippen LogP contribution is -2.13. The predicted octanol–water partition coefficient (Wildman–Crippen LogP) is 3.76. The summed E-state index contributed by atoms with van der Waals surface area (Å²) in [5, 5.41) is 9.04. The Labute approximate surface area is 116 Å². The van der Waals surface area contributed by atoms with Crippen molar-refractivity contribution in [2.75, 3.05) is 0 Å². The van der Waals surface area contributed by atoms with E-state index in [1.165, 1.54) is 25.7 Å². The number of hydrogen-bond acceptors (Lipinski definition) is 2. The Kier molecular flexibility index (Phi) is 2.19. The first-order valence-electron chi connectivity index (χ1n) is 6.85. The first-order chi connectivity index (χ1) is 9.22. The molecule has 1 aromatic carbocycles. The number of fused-ring (bicyclic) bond motifs is 1. The Hall–Kier alpha value is -1.60. The van der Waals surface area contributed by atoms with Crippen LogP contribution in [-0.4, -0.2) is 9.55 Å². The minimum atomic E-state index is 0.510. The highest BCUT2D eigenvalue weighted by molar-refractivity contribution is 7.71. The highest BCUT2D eigenvalue weighted by Gasteiger charge is 2.53. The number of aromatic amines is 1. The Morgan fingerprint density at radius 2 is 2.21 bits per heavy atom. The number of nitriles is 1. The third kappa shape index (κ3) is 1.73. The monoisotopic (exact) mass is 269 g/mol. The quantitative estimate of drug-likeness (QED) is 0.862. The molecule has 19 heavy (non-hydrogen) atoms. The van der Waals surface area contributed by atoms with Gasteiger partial charge in [-0.25, -0.2) is 0 Å². The molecule has 0 saturated heterocycles. The van der Waals surface area contributed by atoms with Gasteiger partial charge in [0.1, 0.15) is 0 Å². The minimum absolute atomic E-state index is 0.510. The van der Waals surface area contributed by atoms with E-state index in [2.05, 4.69) is 15.6 Å². The van der Waals surface area contributed by atoms with E-state index in [4.69, 9.17) is 17.5 Å². The maximum absolute atomic E-state index is 9.04. The van der Waals surface area contributed by atoms with Gasteiger partial charge in [0.25, 0.3) is 0 Å². The molecule has 0 spiro atoms. The van der Waals surface area contributed by atoms with Crippen molar-refractivity contribution in [2.24, 2.45) is 11.3 Å². The smallest absolute Gasteiger partial charge is 0.178 e. The second-order valence-corrected chi connectivity index (χ2v) is 6.38. The number of H-pyrrole nitrogens is 1. The lowest BCUT2D eigenvalue weighted by atomic mass is 10.0. The Morgan fingerprint density at radius 3 is 2.84 bits per heavy atom. The average Bonchev–Trinajstić information content (AvgIpc) is 3.29. The van der Waals surface area contributed by atoms with Crippen LogP contribution in [-0.2, 0) is 6.54 Å². The summed E-state index contributed by atoms with van der Waals surface area (Å²) in [6.45, 7) is 1.02. The summed E-state index contributed by atoms with van der Waals surface area (Å²) >= 11 is 5.46. The lowest BCUT2D eigenvalue weighted by molar-refractivity contribution is 0.373. The van der Waals surface area contributed by atoms with Gasteiger partial charge in [-0.3, -0.25) is 0 Å². The molecule has 2 aliphatic rings. The fraction of sp³-hybridized carbons (Fsp3) is 0.467. The second-order valence-electron chi connectivity index (χ2n) is 6.00. The summed E-state index contributed by atoms with van der Waals surface area (Å²) in [5.74, 6) is 0.915. The van der Waals surface area contributed by atoms with Crippen LogP contribution < -0.4 is 0 Å². The van der Waals surface area contributed by atoms with Crippen LogP contribution in [0.1, 0.15) is 31.2 Å². The summed E-state index contributed by atoms with van der Waals surface area (Å²) in [5.41, 5.74) is 3.33. The largest absolute Gasteiger partial charge is 0.331 e. The van der Waals surface area contributed by atoms with E-state index < -0.39 is 0 Å². The number of rotatable bonds is 3. The molecule has 2 aliphatic carbocycles. The number of imidazole rings is 1.